The second-order valence-electron chi connectivity index (χ2n) is 5.30. The van der Waals surface area contributed by atoms with Crippen molar-refractivity contribution in [2.45, 2.75) is 58.5 Å². The average Bonchev–Trinajstić information content (AvgIpc) is 2.88. The van der Waals surface area contributed by atoms with E-state index < -0.39 is 0 Å². The summed E-state index contributed by atoms with van der Waals surface area (Å²) in [4.78, 5) is 4.23. The first-order valence-electron chi connectivity index (χ1n) is 6.42. The normalized spacial score (nSPS) is 21.2. The summed E-state index contributed by atoms with van der Waals surface area (Å²) in [6.45, 7) is 5.44. The number of rotatable bonds is 4. The molecule has 0 spiro atoms. The largest absolute Gasteiger partial charge is 0.333 e. The maximum Gasteiger partial charge on any atom is 0.0948 e. The van der Waals surface area contributed by atoms with E-state index in [1.165, 1.54) is 37.8 Å². The molecule has 2 rings (SSSR count). The van der Waals surface area contributed by atoms with E-state index >= 15 is 0 Å². The van der Waals surface area contributed by atoms with Crippen molar-refractivity contribution in [1.82, 2.24) is 9.55 Å². The highest BCUT2D eigenvalue weighted by Gasteiger charge is 2.32. The standard InChI is InChI=1S/C13H23N3/c1-3-13(6-4-5-7-13)9-16-10-15-8-12(16)11(2)14/h8,10-11H,3-7,9,14H2,1-2H3/t11-/m1/s1. The molecule has 90 valence electrons. The third-order valence-electron chi connectivity index (χ3n) is 4.13. The molecule has 0 aliphatic heterocycles. The van der Waals surface area contributed by atoms with Gasteiger partial charge >= 0.3 is 0 Å². The minimum atomic E-state index is 0.0813. The highest BCUT2D eigenvalue weighted by Crippen LogP contribution is 2.42. The van der Waals surface area contributed by atoms with Crippen LogP contribution in [-0.2, 0) is 6.54 Å². The molecule has 1 saturated carbocycles. The smallest absolute Gasteiger partial charge is 0.0948 e. The molecule has 0 amide bonds. The maximum absolute atomic E-state index is 5.96. The summed E-state index contributed by atoms with van der Waals surface area (Å²) >= 11 is 0. The van der Waals surface area contributed by atoms with Crippen LogP contribution in [0.25, 0.3) is 0 Å². The van der Waals surface area contributed by atoms with Gasteiger partial charge in [0.2, 0.25) is 0 Å². The van der Waals surface area contributed by atoms with Gasteiger partial charge in [-0.3, -0.25) is 0 Å². The van der Waals surface area contributed by atoms with E-state index in [4.69, 9.17) is 5.73 Å². The number of imidazole rings is 1. The lowest BCUT2D eigenvalue weighted by Crippen LogP contribution is -2.24. The van der Waals surface area contributed by atoms with E-state index in [0.29, 0.717) is 5.41 Å². The molecule has 1 aromatic heterocycles. The fourth-order valence-electron chi connectivity index (χ4n) is 2.95. The van der Waals surface area contributed by atoms with E-state index in [2.05, 4.69) is 16.5 Å². The van der Waals surface area contributed by atoms with Crippen LogP contribution in [0.3, 0.4) is 0 Å². The van der Waals surface area contributed by atoms with Crippen molar-refractivity contribution in [2.24, 2.45) is 11.1 Å². The maximum atomic E-state index is 5.96. The minimum Gasteiger partial charge on any atom is -0.333 e. The first-order valence-corrected chi connectivity index (χ1v) is 6.42. The van der Waals surface area contributed by atoms with Crippen molar-refractivity contribution >= 4 is 0 Å². The van der Waals surface area contributed by atoms with E-state index in [1.54, 1.807) is 0 Å². The molecule has 1 aliphatic rings. The number of hydrogen-bond acceptors (Lipinski definition) is 2. The van der Waals surface area contributed by atoms with Gasteiger partial charge in [-0.15, -0.1) is 0 Å². The lowest BCUT2D eigenvalue weighted by Gasteiger charge is -2.29. The molecule has 1 atom stereocenters. The number of hydrogen-bond donors (Lipinski definition) is 1. The quantitative estimate of drug-likeness (QED) is 0.849. The Morgan fingerprint density at radius 3 is 2.75 bits per heavy atom. The molecule has 3 heteroatoms. The molecule has 1 fully saturated rings. The molecule has 0 unspecified atom stereocenters. The monoisotopic (exact) mass is 221 g/mol. The highest BCUT2D eigenvalue weighted by molar-refractivity contribution is 5.04. The Morgan fingerprint density at radius 1 is 1.50 bits per heavy atom. The van der Waals surface area contributed by atoms with Gasteiger partial charge in [0.25, 0.3) is 0 Å². The first kappa shape index (κ1) is 11.6. The van der Waals surface area contributed by atoms with Crippen molar-refractivity contribution in [3.63, 3.8) is 0 Å². The van der Waals surface area contributed by atoms with Crippen LogP contribution < -0.4 is 5.73 Å². The van der Waals surface area contributed by atoms with Crippen LogP contribution >= 0.6 is 0 Å². The second-order valence-corrected chi connectivity index (χ2v) is 5.30. The Kier molecular flexibility index (Phi) is 3.33. The summed E-state index contributed by atoms with van der Waals surface area (Å²) in [5.74, 6) is 0. The zero-order valence-electron chi connectivity index (χ0n) is 10.4. The lowest BCUT2D eigenvalue weighted by molar-refractivity contribution is 0.234. The lowest BCUT2D eigenvalue weighted by atomic mass is 9.83. The van der Waals surface area contributed by atoms with Gasteiger partial charge in [-0.2, -0.15) is 0 Å². The molecule has 0 aromatic carbocycles. The molecule has 0 bridgehead atoms. The average molecular weight is 221 g/mol. The molecule has 1 aliphatic carbocycles. The number of nitrogens with zero attached hydrogens (tertiary/aromatic N) is 2. The Hall–Kier alpha value is -0.830. The molecule has 3 nitrogen and oxygen atoms in total. The Morgan fingerprint density at radius 2 is 2.19 bits per heavy atom. The first-order chi connectivity index (χ1) is 7.67. The predicted octanol–water partition coefficient (Wildman–Crippen LogP) is 2.87. The minimum absolute atomic E-state index is 0.0813. The second kappa shape index (κ2) is 4.58. The van der Waals surface area contributed by atoms with Crippen LogP contribution in [0.4, 0.5) is 0 Å². The fourth-order valence-corrected chi connectivity index (χ4v) is 2.95. The molecule has 2 N–H and O–H groups in total. The molecule has 16 heavy (non-hydrogen) atoms. The number of nitrogens with two attached hydrogens (primary N) is 1. The summed E-state index contributed by atoms with van der Waals surface area (Å²) in [7, 11) is 0. The van der Waals surface area contributed by atoms with Crippen molar-refractivity contribution < 1.29 is 0 Å². The van der Waals surface area contributed by atoms with Crippen LogP contribution in [0.1, 0.15) is 57.7 Å². The molecule has 0 saturated heterocycles. The van der Waals surface area contributed by atoms with Gasteiger partial charge in [-0.25, -0.2) is 4.98 Å². The molecular formula is C13H23N3. The Labute approximate surface area is 98.1 Å². The van der Waals surface area contributed by atoms with Gasteiger partial charge in [0.1, 0.15) is 0 Å². The molecule has 1 heterocycles. The summed E-state index contributed by atoms with van der Waals surface area (Å²) in [6.07, 6.45) is 10.6. The molecule has 1 aromatic rings. The predicted molar refractivity (Wildman–Crippen MR) is 66.0 cm³/mol. The van der Waals surface area contributed by atoms with Gasteiger partial charge in [0, 0.05) is 18.8 Å². The zero-order chi connectivity index (χ0) is 11.6. The van der Waals surface area contributed by atoms with Gasteiger partial charge in [-0.05, 0) is 31.6 Å². The van der Waals surface area contributed by atoms with Gasteiger partial charge in [-0.1, -0.05) is 19.8 Å². The SMILES string of the molecule is CCC1(Cn2cncc2[C@@H](C)N)CCCC1. The van der Waals surface area contributed by atoms with E-state index in [1.807, 2.05) is 19.4 Å². The fraction of sp³-hybridized carbons (Fsp3) is 0.769. The summed E-state index contributed by atoms with van der Waals surface area (Å²) < 4.78 is 2.26. The Balaban J connectivity index is 2.16. The van der Waals surface area contributed by atoms with Gasteiger partial charge in [0.15, 0.2) is 0 Å². The van der Waals surface area contributed by atoms with Crippen LogP contribution in [-0.4, -0.2) is 9.55 Å². The van der Waals surface area contributed by atoms with Crippen LogP contribution in [0.5, 0.6) is 0 Å². The van der Waals surface area contributed by atoms with Crippen molar-refractivity contribution in [3.05, 3.63) is 18.2 Å². The Bertz CT molecular complexity index is 335. The van der Waals surface area contributed by atoms with E-state index in [0.717, 1.165) is 6.54 Å². The van der Waals surface area contributed by atoms with E-state index in [9.17, 15) is 0 Å². The van der Waals surface area contributed by atoms with E-state index in [-0.39, 0.29) is 6.04 Å². The van der Waals surface area contributed by atoms with Crippen molar-refractivity contribution in [3.8, 4) is 0 Å². The summed E-state index contributed by atoms with van der Waals surface area (Å²) in [5, 5.41) is 0. The van der Waals surface area contributed by atoms with Crippen LogP contribution in [0.15, 0.2) is 12.5 Å². The molecule has 0 radical (unpaired) electrons. The number of aromatic nitrogens is 2. The van der Waals surface area contributed by atoms with Gasteiger partial charge < -0.3 is 10.3 Å². The third kappa shape index (κ3) is 2.14. The summed E-state index contributed by atoms with van der Waals surface area (Å²) in [6, 6.07) is 0.0813. The highest BCUT2D eigenvalue weighted by atomic mass is 15.1. The van der Waals surface area contributed by atoms with Crippen LogP contribution in [0, 0.1) is 5.41 Å². The summed E-state index contributed by atoms with van der Waals surface area (Å²) in [5.41, 5.74) is 7.63. The van der Waals surface area contributed by atoms with Crippen molar-refractivity contribution in [1.29, 1.82) is 0 Å². The van der Waals surface area contributed by atoms with Gasteiger partial charge in [0.05, 0.1) is 12.0 Å². The molecular weight excluding hydrogens is 198 g/mol. The van der Waals surface area contributed by atoms with Crippen LogP contribution in [0.2, 0.25) is 0 Å². The zero-order valence-corrected chi connectivity index (χ0v) is 10.4. The van der Waals surface area contributed by atoms with Crippen molar-refractivity contribution in [2.75, 3.05) is 0 Å². The topological polar surface area (TPSA) is 43.8 Å². The third-order valence-corrected chi connectivity index (χ3v) is 4.13.